The first-order valence-electron chi connectivity index (χ1n) is 29.8. The van der Waals surface area contributed by atoms with E-state index in [1.807, 2.05) is 0 Å². The van der Waals surface area contributed by atoms with Crippen LogP contribution in [-0.2, 0) is 23.8 Å². The smallest absolute Gasteiger partial charge is 0.306 e. The Morgan fingerprint density at radius 2 is 0.662 bits per heavy atom. The highest BCUT2D eigenvalue weighted by Crippen LogP contribution is 2.15. The molecule has 5 nitrogen and oxygen atoms in total. The summed E-state index contributed by atoms with van der Waals surface area (Å²) >= 11 is 0. The van der Waals surface area contributed by atoms with Crippen LogP contribution in [0.4, 0.5) is 0 Å². The van der Waals surface area contributed by atoms with Crippen LogP contribution < -0.4 is 0 Å². The van der Waals surface area contributed by atoms with Gasteiger partial charge in [-0.15, -0.1) is 0 Å². The van der Waals surface area contributed by atoms with Crippen molar-refractivity contribution in [1.29, 1.82) is 0 Å². The van der Waals surface area contributed by atoms with E-state index in [-0.39, 0.29) is 25.2 Å². The third-order valence-electron chi connectivity index (χ3n) is 13.0. The molecule has 0 aromatic heterocycles. The van der Waals surface area contributed by atoms with Crippen LogP contribution in [0.3, 0.4) is 0 Å². The van der Waals surface area contributed by atoms with Gasteiger partial charge in [0, 0.05) is 19.4 Å². The van der Waals surface area contributed by atoms with Crippen LogP contribution in [0.1, 0.15) is 303 Å². The minimum Gasteiger partial charge on any atom is -0.462 e. The molecule has 0 amide bonds. The van der Waals surface area contributed by atoms with Gasteiger partial charge >= 0.3 is 11.9 Å². The molecule has 0 aromatic carbocycles. The molecule has 1 unspecified atom stereocenters. The van der Waals surface area contributed by atoms with Crippen molar-refractivity contribution in [2.24, 2.45) is 0 Å². The molecule has 0 saturated heterocycles. The van der Waals surface area contributed by atoms with Crippen molar-refractivity contribution in [2.45, 2.75) is 309 Å². The van der Waals surface area contributed by atoms with Gasteiger partial charge in [0.15, 0.2) is 6.10 Å². The second-order valence-electron chi connectivity index (χ2n) is 19.9. The molecule has 0 aliphatic carbocycles. The Morgan fingerprint density at radius 1 is 0.338 bits per heavy atom. The first-order chi connectivity index (χ1) is 33.6. The van der Waals surface area contributed by atoms with Crippen molar-refractivity contribution in [3.8, 4) is 0 Å². The van der Waals surface area contributed by atoms with Crippen LogP contribution in [0.2, 0.25) is 0 Å². The Balaban J connectivity index is 4.27. The van der Waals surface area contributed by atoms with Gasteiger partial charge in [-0.2, -0.15) is 0 Å². The van der Waals surface area contributed by atoms with Gasteiger partial charge in [0.25, 0.3) is 0 Å². The minimum absolute atomic E-state index is 0.0790. The van der Waals surface area contributed by atoms with E-state index in [1.54, 1.807) is 0 Å². The van der Waals surface area contributed by atoms with E-state index in [0.717, 1.165) is 70.6 Å². The summed E-state index contributed by atoms with van der Waals surface area (Å²) < 4.78 is 17.5. The molecule has 5 heteroatoms. The van der Waals surface area contributed by atoms with Crippen molar-refractivity contribution in [3.63, 3.8) is 0 Å². The highest BCUT2D eigenvalue weighted by Gasteiger charge is 2.17. The number of unbranched alkanes of at least 4 members (excludes halogenated alkanes) is 34. The molecule has 0 heterocycles. The maximum absolute atomic E-state index is 12.9. The topological polar surface area (TPSA) is 61.8 Å². The molecule has 0 aliphatic heterocycles. The molecule has 0 saturated carbocycles. The first kappa shape index (κ1) is 65.6. The van der Waals surface area contributed by atoms with Crippen molar-refractivity contribution in [3.05, 3.63) is 60.8 Å². The Hall–Kier alpha value is -2.40. The van der Waals surface area contributed by atoms with Crippen LogP contribution in [0.15, 0.2) is 60.8 Å². The largest absolute Gasteiger partial charge is 0.462 e. The lowest BCUT2D eigenvalue weighted by Crippen LogP contribution is -2.30. The highest BCUT2D eigenvalue weighted by molar-refractivity contribution is 5.70. The van der Waals surface area contributed by atoms with Gasteiger partial charge < -0.3 is 14.2 Å². The number of esters is 2. The normalized spacial score (nSPS) is 12.6. The van der Waals surface area contributed by atoms with Gasteiger partial charge in [-0.1, -0.05) is 248 Å². The van der Waals surface area contributed by atoms with Gasteiger partial charge in [-0.25, -0.2) is 0 Å². The second-order valence-corrected chi connectivity index (χ2v) is 19.9. The summed E-state index contributed by atoms with van der Waals surface area (Å²) in [5.41, 5.74) is 0. The molecule has 0 spiro atoms. The molecule has 0 N–H and O–H groups in total. The van der Waals surface area contributed by atoms with Crippen molar-refractivity contribution >= 4 is 11.9 Å². The molecule has 0 bridgehead atoms. The van der Waals surface area contributed by atoms with Gasteiger partial charge in [0.05, 0.1) is 6.61 Å². The molecule has 0 rings (SSSR count). The third kappa shape index (κ3) is 56.2. The number of allylic oxidation sites excluding steroid dienone is 10. The zero-order valence-electron chi connectivity index (χ0n) is 45.6. The molecule has 0 aliphatic rings. The van der Waals surface area contributed by atoms with Crippen molar-refractivity contribution in [1.82, 2.24) is 0 Å². The van der Waals surface area contributed by atoms with E-state index in [1.165, 1.54) is 199 Å². The fourth-order valence-electron chi connectivity index (χ4n) is 8.57. The predicted octanol–water partition coefficient (Wildman–Crippen LogP) is 20.5. The van der Waals surface area contributed by atoms with Gasteiger partial charge in [0.1, 0.15) is 6.61 Å². The standard InChI is InChI=1S/C63H114O5/c1-4-7-10-13-16-19-22-25-28-30-32-33-36-38-41-44-47-50-53-56-62(64)67-60-61(68-63(65)57-54-51-48-45-42-39-35-27-24-21-18-15-12-9-6-3)59-66-58-55-52-49-46-43-40-37-34-31-29-26-23-20-17-14-11-8-5-2/h8,11,17,20,25-29,35,61H,4-7,9-10,12-16,18-19,21-24,30-34,36-60H2,1-3H3/b11-8-,20-17-,28-25-,29-26-,35-27-. The SMILES string of the molecule is CC/C=C\C/C=C\C/C=C\CCCCCCCCCCOCC(COC(=O)CCCCCCCCCCC/C=C\CCCCCCCC)OC(=O)CCCCCCC/C=C\CCCCCCCC. The minimum atomic E-state index is -0.546. The van der Waals surface area contributed by atoms with Gasteiger partial charge in [-0.05, 0) is 103 Å². The second kappa shape index (κ2) is 58.9. The average molecular weight is 952 g/mol. The molecule has 1 atom stereocenters. The third-order valence-corrected chi connectivity index (χ3v) is 13.0. The lowest BCUT2D eigenvalue weighted by atomic mass is 10.1. The summed E-state index contributed by atoms with van der Waals surface area (Å²) in [5, 5.41) is 0. The van der Waals surface area contributed by atoms with Crippen LogP contribution in [0.25, 0.3) is 0 Å². The van der Waals surface area contributed by atoms with Crippen molar-refractivity contribution < 1.29 is 23.8 Å². The van der Waals surface area contributed by atoms with Crippen LogP contribution in [0, 0.1) is 0 Å². The maximum atomic E-state index is 12.9. The Morgan fingerprint density at radius 3 is 1.07 bits per heavy atom. The quantitative estimate of drug-likeness (QED) is 0.0345. The zero-order chi connectivity index (χ0) is 49.2. The fraction of sp³-hybridized carbons (Fsp3) is 0.810. The predicted molar refractivity (Wildman–Crippen MR) is 298 cm³/mol. The number of ether oxygens (including phenoxy) is 3. The van der Waals surface area contributed by atoms with E-state index < -0.39 is 6.10 Å². The van der Waals surface area contributed by atoms with Crippen LogP contribution in [0.5, 0.6) is 0 Å². The van der Waals surface area contributed by atoms with E-state index >= 15 is 0 Å². The summed E-state index contributed by atoms with van der Waals surface area (Å²) in [6.07, 6.45) is 75.3. The van der Waals surface area contributed by atoms with Gasteiger partial charge in [-0.3, -0.25) is 9.59 Å². The Kier molecular flexibility index (Phi) is 56.8. The monoisotopic (exact) mass is 951 g/mol. The zero-order valence-corrected chi connectivity index (χ0v) is 45.6. The maximum Gasteiger partial charge on any atom is 0.306 e. The van der Waals surface area contributed by atoms with Crippen LogP contribution in [-0.4, -0.2) is 37.9 Å². The summed E-state index contributed by atoms with van der Waals surface area (Å²) in [4.78, 5) is 25.5. The summed E-state index contributed by atoms with van der Waals surface area (Å²) in [7, 11) is 0. The summed E-state index contributed by atoms with van der Waals surface area (Å²) in [6.45, 7) is 7.73. The number of hydrogen-bond acceptors (Lipinski definition) is 5. The van der Waals surface area contributed by atoms with Crippen molar-refractivity contribution in [2.75, 3.05) is 19.8 Å². The molecular formula is C63H114O5. The van der Waals surface area contributed by atoms with E-state index in [4.69, 9.17) is 14.2 Å². The molecule has 0 radical (unpaired) electrons. The highest BCUT2D eigenvalue weighted by atomic mass is 16.6. The number of carbonyl (C=O) groups is 2. The molecule has 396 valence electrons. The summed E-state index contributed by atoms with van der Waals surface area (Å²) in [5.74, 6) is -0.401. The first-order valence-corrected chi connectivity index (χ1v) is 29.8. The molecule has 0 aromatic rings. The van der Waals surface area contributed by atoms with Crippen LogP contribution >= 0.6 is 0 Å². The number of carbonyl (C=O) groups excluding carboxylic acids is 2. The number of rotatable bonds is 55. The lowest BCUT2D eigenvalue weighted by Gasteiger charge is -2.18. The number of hydrogen-bond donors (Lipinski definition) is 0. The average Bonchev–Trinajstić information content (AvgIpc) is 3.34. The molecule has 68 heavy (non-hydrogen) atoms. The molecular weight excluding hydrogens is 837 g/mol. The van der Waals surface area contributed by atoms with E-state index in [0.29, 0.717) is 19.4 Å². The summed E-state index contributed by atoms with van der Waals surface area (Å²) in [6, 6.07) is 0. The van der Waals surface area contributed by atoms with E-state index in [9.17, 15) is 9.59 Å². The molecule has 0 fully saturated rings. The Labute approximate surface area is 424 Å². The van der Waals surface area contributed by atoms with E-state index in [2.05, 4.69) is 81.5 Å². The Bertz CT molecular complexity index is 1170. The van der Waals surface area contributed by atoms with Gasteiger partial charge in [0.2, 0.25) is 0 Å². The lowest BCUT2D eigenvalue weighted by molar-refractivity contribution is -0.163. The fourth-order valence-corrected chi connectivity index (χ4v) is 8.57.